The second-order valence-corrected chi connectivity index (χ2v) is 5.46. The lowest BCUT2D eigenvalue weighted by Crippen LogP contribution is -2.22. The summed E-state index contributed by atoms with van der Waals surface area (Å²) in [7, 11) is -3.12. The molecule has 0 bridgehead atoms. The zero-order valence-electron chi connectivity index (χ0n) is 7.92. The van der Waals surface area contributed by atoms with Crippen LogP contribution >= 0.6 is 0 Å². The van der Waals surface area contributed by atoms with Crippen molar-refractivity contribution in [1.29, 1.82) is 0 Å². The molecule has 1 aromatic rings. The summed E-state index contributed by atoms with van der Waals surface area (Å²) < 4.78 is 21.7. The van der Waals surface area contributed by atoms with Crippen molar-refractivity contribution in [2.75, 3.05) is 12.0 Å². The highest BCUT2D eigenvalue weighted by atomic mass is 32.2. The second-order valence-electron chi connectivity index (χ2n) is 3.27. The van der Waals surface area contributed by atoms with Gasteiger partial charge in [-0.15, -0.1) is 0 Å². The quantitative estimate of drug-likeness (QED) is 0.769. The molecule has 1 N–H and O–H groups in total. The summed E-state index contributed by atoms with van der Waals surface area (Å²) in [5.41, 5.74) is 0.698. The van der Waals surface area contributed by atoms with Gasteiger partial charge in [-0.05, 0) is 12.1 Å². The summed E-state index contributed by atoms with van der Waals surface area (Å²) in [6.07, 6.45) is 2.12. The molecule has 0 spiro atoms. The Morgan fingerprint density at radius 2 is 2.21 bits per heavy atom. The molecule has 78 valence electrons. The molecule has 0 aromatic carbocycles. The van der Waals surface area contributed by atoms with Gasteiger partial charge in [-0.1, -0.05) is 6.07 Å². The van der Waals surface area contributed by atoms with E-state index < -0.39 is 15.9 Å². The monoisotopic (exact) mass is 215 g/mol. The average Bonchev–Trinajstić information content (AvgIpc) is 2.02. The van der Waals surface area contributed by atoms with Gasteiger partial charge < -0.3 is 5.11 Å². The molecule has 1 unspecified atom stereocenters. The maximum absolute atomic E-state index is 10.9. The molecular weight excluding hydrogens is 202 g/mol. The smallest absolute Gasteiger partial charge is 0.150 e. The first kappa shape index (κ1) is 11.1. The van der Waals surface area contributed by atoms with Gasteiger partial charge in [0.2, 0.25) is 0 Å². The molecule has 0 aliphatic carbocycles. The van der Waals surface area contributed by atoms with Gasteiger partial charge >= 0.3 is 0 Å². The van der Waals surface area contributed by atoms with Gasteiger partial charge in [-0.2, -0.15) is 0 Å². The molecule has 4 nitrogen and oxygen atoms in total. The van der Waals surface area contributed by atoms with E-state index in [1.807, 2.05) is 0 Å². The molecule has 0 fully saturated rings. The van der Waals surface area contributed by atoms with E-state index in [-0.39, 0.29) is 12.2 Å². The summed E-state index contributed by atoms with van der Waals surface area (Å²) in [6, 6.07) is 5.33. The van der Waals surface area contributed by atoms with Gasteiger partial charge in [0.15, 0.2) is 0 Å². The summed E-state index contributed by atoms with van der Waals surface area (Å²) in [5.74, 6) is -0.219. The Bertz CT molecular complexity index is 374. The first-order valence-corrected chi connectivity index (χ1v) is 6.29. The summed E-state index contributed by atoms with van der Waals surface area (Å²) in [5, 5.41) is 9.42. The molecule has 14 heavy (non-hydrogen) atoms. The topological polar surface area (TPSA) is 67.3 Å². The molecule has 1 atom stereocenters. The first-order chi connectivity index (χ1) is 6.47. The lowest BCUT2D eigenvalue weighted by molar-refractivity contribution is 0.197. The molecule has 0 saturated heterocycles. The van der Waals surface area contributed by atoms with E-state index in [2.05, 4.69) is 4.98 Å². The van der Waals surface area contributed by atoms with Crippen molar-refractivity contribution in [2.24, 2.45) is 0 Å². The number of nitrogens with zero attached hydrogens (tertiary/aromatic N) is 1. The highest BCUT2D eigenvalue weighted by Crippen LogP contribution is 2.01. The highest BCUT2D eigenvalue weighted by Gasteiger charge is 2.12. The third-order valence-corrected chi connectivity index (χ3v) is 2.66. The lowest BCUT2D eigenvalue weighted by Gasteiger charge is -2.07. The van der Waals surface area contributed by atoms with Crippen LogP contribution in [0.1, 0.15) is 5.69 Å². The predicted octanol–water partition coefficient (Wildman–Crippen LogP) is 0.0296. The summed E-state index contributed by atoms with van der Waals surface area (Å²) in [6.45, 7) is 0. The van der Waals surface area contributed by atoms with E-state index in [4.69, 9.17) is 0 Å². The summed E-state index contributed by atoms with van der Waals surface area (Å²) >= 11 is 0. The van der Waals surface area contributed by atoms with E-state index in [1.54, 1.807) is 24.4 Å². The Labute approximate surface area is 83.5 Å². The zero-order valence-corrected chi connectivity index (χ0v) is 8.74. The van der Waals surface area contributed by atoms with Crippen molar-refractivity contribution in [2.45, 2.75) is 12.5 Å². The van der Waals surface area contributed by atoms with Crippen LogP contribution in [0.3, 0.4) is 0 Å². The van der Waals surface area contributed by atoms with Gasteiger partial charge in [-0.3, -0.25) is 4.98 Å². The van der Waals surface area contributed by atoms with E-state index >= 15 is 0 Å². The fourth-order valence-electron chi connectivity index (χ4n) is 1.17. The number of hydrogen-bond donors (Lipinski definition) is 1. The highest BCUT2D eigenvalue weighted by molar-refractivity contribution is 7.90. The lowest BCUT2D eigenvalue weighted by atomic mass is 10.2. The van der Waals surface area contributed by atoms with Crippen LogP contribution in [0.5, 0.6) is 0 Å². The number of aliphatic hydroxyl groups is 1. The zero-order chi connectivity index (χ0) is 10.6. The number of rotatable bonds is 4. The molecule has 1 rings (SSSR count). The average molecular weight is 215 g/mol. The number of sulfone groups is 1. The molecular formula is C9H13NO3S. The number of hydrogen-bond acceptors (Lipinski definition) is 4. The molecule has 5 heteroatoms. The Morgan fingerprint density at radius 1 is 1.50 bits per heavy atom. The number of aromatic nitrogens is 1. The minimum absolute atomic E-state index is 0.219. The molecule has 0 aliphatic heterocycles. The largest absolute Gasteiger partial charge is 0.392 e. The fraction of sp³-hybridized carbons (Fsp3) is 0.444. The van der Waals surface area contributed by atoms with Crippen molar-refractivity contribution in [3.63, 3.8) is 0 Å². The van der Waals surface area contributed by atoms with Crippen LogP contribution in [-0.4, -0.2) is 36.6 Å². The van der Waals surface area contributed by atoms with E-state index in [0.717, 1.165) is 6.26 Å². The normalized spacial score (nSPS) is 13.9. The van der Waals surface area contributed by atoms with E-state index in [0.29, 0.717) is 5.69 Å². The van der Waals surface area contributed by atoms with Crippen LogP contribution < -0.4 is 0 Å². The van der Waals surface area contributed by atoms with Crippen LogP contribution in [0.25, 0.3) is 0 Å². The predicted molar refractivity (Wildman–Crippen MR) is 53.7 cm³/mol. The fourth-order valence-corrected chi connectivity index (χ4v) is 1.99. The van der Waals surface area contributed by atoms with Crippen molar-refractivity contribution in [1.82, 2.24) is 4.98 Å². The Kier molecular flexibility index (Phi) is 3.60. The Balaban J connectivity index is 2.54. The van der Waals surface area contributed by atoms with Gasteiger partial charge in [0.25, 0.3) is 0 Å². The Morgan fingerprint density at radius 3 is 2.71 bits per heavy atom. The van der Waals surface area contributed by atoms with Gasteiger partial charge in [0, 0.05) is 24.6 Å². The third kappa shape index (κ3) is 4.34. The van der Waals surface area contributed by atoms with Crippen molar-refractivity contribution >= 4 is 9.84 Å². The van der Waals surface area contributed by atoms with Crippen LogP contribution in [0.4, 0.5) is 0 Å². The molecule has 0 amide bonds. The minimum atomic E-state index is -3.12. The minimum Gasteiger partial charge on any atom is -0.392 e. The maximum Gasteiger partial charge on any atom is 0.150 e. The molecule has 0 radical (unpaired) electrons. The third-order valence-electron chi connectivity index (χ3n) is 1.67. The molecule has 1 aromatic heterocycles. The molecule has 1 heterocycles. The SMILES string of the molecule is CS(=O)(=O)CC(O)Cc1ccccn1. The molecule has 0 aliphatic rings. The van der Waals surface area contributed by atoms with Crippen LogP contribution in [-0.2, 0) is 16.3 Å². The molecule has 0 saturated carbocycles. The van der Waals surface area contributed by atoms with Crippen molar-refractivity contribution in [3.8, 4) is 0 Å². The van der Waals surface area contributed by atoms with Gasteiger partial charge in [-0.25, -0.2) is 8.42 Å². The Hall–Kier alpha value is -0.940. The van der Waals surface area contributed by atoms with Crippen LogP contribution in [0.15, 0.2) is 24.4 Å². The van der Waals surface area contributed by atoms with Crippen molar-refractivity contribution in [3.05, 3.63) is 30.1 Å². The standard InChI is InChI=1S/C9H13NO3S/c1-14(12,13)7-9(11)6-8-4-2-3-5-10-8/h2-5,9,11H,6-7H2,1H3. The van der Waals surface area contributed by atoms with E-state index in [9.17, 15) is 13.5 Å². The first-order valence-electron chi connectivity index (χ1n) is 4.23. The van der Waals surface area contributed by atoms with Crippen LogP contribution in [0.2, 0.25) is 0 Å². The van der Waals surface area contributed by atoms with Gasteiger partial charge in [0.05, 0.1) is 11.9 Å². The second kappa shape index (κ2) is 4.52. The maximum atomic E-state index is 10.9. The van der Waals surface area contributed by atoms with E-state index in [1.165, 1.54) is 0 Å². The number of aliphatic hydroxyl groups excluding tert-OH is 1. The van der Waals surface area contributed by atoms with Crippen molar-refractivity contribution < 1.29 is 13.5 Å². The van der Waals surface area contributed by atoms with Gasteiger partial charge in [0.1, 0.15) is 9.84 Å². The van der Waals surface area contributed by atoms with Crippen LogP contribution in [0, 0.1) is 0 Å². The summed E-state index contributed by atoms with van der Waals surface area (Å²) in [4.78, 5) is 3.99. The number of pyridine rings is 1.